The van der Waals surface area contributed by atoms with Gasteiger partial charge in [-0.3, -0.25) is 4.98 Å². The molecule has 0 fully saturated rings. The van der Waals surface area contributed by atoms with Gasteiger partial charge >= 0.3 is 0 Å². The highest BCUT2D eigenvalue weighted by Gasteiger charge is 2.04. The number of hydrogen-bond donors (Lipinski definition) is 0. The van der Waals surface area contributed by atoms with Crippen molar-refractivity contribution in [3.8, 4) is 11.3 Å². The molecule has 1 heteroatoms. The van der Waals surface area contributed by atoms with Gasteiger partial charge in [0, 0.05) is 13.2 Å². The summed E-state index contributed by atoms with van der Waals surface area (Å²) in [5, 5.41) is 0. The second kappa shape index (κ2) is 7.04. The topological polar surface area (TPSA) is 12.9 Å². The van der Waals surface area contributed by atoms with E-state index in [1.54, 1.807) is 0 Å². The van der Waals surface area contributed by atoms with Gasteiger partial charge in [-0.2, -0.15) is 0 Å². The van der Waals surface area contributed by atoms with Crippen LogP contribution in [0.1, 0.15) is 37.9 Å². The molecule has 106 valence electrons. The number of aryl methyl sites for hydroxylation is 3. The summed E-state index contributed by atoms with van der Waals surface area (Å²) in [6.45, 7) is 8.09. The molecular formula is C19H25N. The first-order chi connectivity index (χ1) is 9.74. The van der Waals surface area contributed by atoms with Crippen LogP contribution in [0.4, 0.5) is 0 Å². The molecule has 1 aromatic heterocycles. The Labute approximate surface area is 123 Å². The summed E-state index contributed by atoms with van der Waals surface area (Å²) in [4.78, 5) is 4.57. The minimum atomic E-state index is 0. The van der Waals surface area contributed by atoms with Crippen LogP contribution >= 0.6 is 0 Å². The van der Waals surface area contributed by atoms with Gasteiger partial charge in [-0.1, -0.05) is 37.3 Å². The van der Waals surface area contributed by atoms with Gasteiger partial charge in [-0.25, -0.2) is 0 Å². The van der Waals surface area contributed by atoms with Crippen molar-refractivity contribution in [2.45, 2.75) is 39.5 Å². The highest BCUT2D eigenvalue weighted by molar-refractivity contribution is 5.64. The van der Waals surface area contributed by atoms with Crippen molar-refractivity contribution < 1.29 is 1.43 Å². The maximum absolute atomic E-state index is 4.57. The fourth-order valence-corrected chi connectivity index (χ4v) is 2.41. The molecule has 0 amide bonds. The van der Waals surface area contributed by atoms with E-state index >= 15 is 0 Å². The third kappa shape index (κ3) is 3.57. The second-order valence-electron chi connectivity index (χ2n) is 5.24. The van der Waals surface area contributed by atoms with Crippen molar-refractivity contribution in [3.05, 3.63) is 65.9 Å². The summed E-state index contributed by atoms with van der Waals surface area (Å²) in [6.07, 6.45) is 8.38. The summed E-state index contributed by atoms with van der Waals surface area (Å²) in [5.74, 6) is 0. The molecule has 0 unspecified atom stereocenters. The predicted octanol–water partition coefficient (Wildman–Crippen LogP) is 5.37. The van der Waals surface area contributed by atoms with Crippen molar-refractivity contribution in [2.24, 2.45) is 0 Å². The van der Waals surface area contributed by atoms with Crippen LogP contribution in [0.3, 0.4) is 0 Å². The molecule has 1 heterocycles. The van der Waals surface area contributed by atoms with Gasteiger partial charge in [0.2, 0.25) is 0 Å². The molecule has 0 radical (unpaired) electrons. The molecule has 2 rings (SSSR count). The summed E-state index contributed by atoms with van der Waals surface area (Å²) in [7, 11) is 0. The van der Waals surface area contributed by atoms with Crippen molar-refractivity contribution in [1.29, 1.82) is 0 Å². The highest BCUT2D eigenvalue weighted by Crippen LogP contribution is 2.23. The molecule has 0 N–H and O–H groups in total. The second-order valence-corrected chi connectivity index (χ2v) is 5.24. The lowest BCUT2D eigenvalue weighted by molar-refractivity contribution is 0.843. The number of aromatic nitrogens is 1. The molecule has 1 aromatic carbocycles. The first-order valence-corrected chi connectivity index (χ1v) is 7.40. The van der Waals surface area contributed by atoms with E-state index in [9.17, 15) is 0 Å². The molecule has 2 aromatic rings. The minimum Gasteiger partial charge on any atom is -0.256 e. The van der Waals surface area contributed by atoms with E-state index in [4.69, 9.17) is 0 Å². The third-order valence-corrected chi connectivity index (χ3v) is 3.67. The van der Waals surface area contributed by atoms with Crippen molar-refractivity contribution in [2.75, 3.05) is 0 Å². The van der Waals surface area contributed by atoms with Crippen LogP contribution in [0.5, 0.6) is 0 Å². The monoisotopic (exact) mass is 267 g/mol. The Balaban J connectivity index is 0.00000220. The molecule has 1 nitrogen and oxygen atoms in total. The number of rotatable bonds is 6. The van der Waals surface area contributed by atoms with Crippen molar-refractivity contribution >= 4 is 0 Å². The zero-order valence-electron chi connectivity index (χ0n) is 12.5. The molecule has 20 heavy (non-hydrogen) atoms. The van der Waals surface area contributed by atoms with E-state index in [0.717, 1.165) is 25.0 Å². The molecule has 0 bridgehead atoms. The fraction of sp³-hybridized carbons (Fsp3) is 0.316. The summed E-state index contributed by atoms with van der Waals surface area (Å²) < 4.78 is 0. The molecule has 0 atom stereocenters. The van der Waals surface area contributed by atoms with E-state index in [-0.39, 0.29) is 1.43 Å². The number of nitrogens with zero attached hydrogens (tertiary/aromatic N) is 1. The van der Waals surface area contributed by atoms with E-state index in [0.29, 0.717) is 0 Å². The fourth-order valence-electron chi connectivity index (χ4n) is 2.41. The Morgan fingerprint density at radius 3 is 2.60 bits per heavy atom. The average Bonchev–Trinajstić information content (AvgIpc) is 2.48. The summed E-state index contributed by atoms with van der Waals surface area (Å²) in [5.41, 5.74) is 6.29. The van der Waals surface area contributed by atoms with Gasteiger partial charge in [0.15, 0.2) is 0 Å². The van der Waals surface area contributed by atoms with Crippen LogP contribution in [0.15, 0.2) is 49.2 Å². The van der Waals surface area contributed by atoms with E-state index in [1.807, 2.05) is 12.3 Å². The Kier molecular flexibility index (Phi) is 5.11. The molecule has 0 aliphatic heterocycles. The Morgan fingerprint density at radius 2 is 2.00 bits per heavy atom. The zero-order valence-corrected chi connectivity index (χ0v) is 12.5. The molecule has 0 aliphatic rings. The Hall–Kier alpha value is -1.89. The van der Waals surface area contributed by atoms with Gasteiger partial charge in [-0.15, -0.1) is 6.58 Å². The quantitative estimate of drug-likeness (QED) is 0.506. The maximum Gasteiger partial charge on any atom is 0.0704 e. The van der Waals surface area contributed by atoms with Crippen LogP contribution in [0.2, 0.25) is 0 Å². The zero-order chi connectivity index (χ0) is 14.4. The first-order valence-electron chi connectivity index (χ1n) is 7.40. The van der Waals surface area contributed by atoms with E-state index in [2.05, 4.69) is 55.7 Å². The molecule has 0 spiro atoms. The number of hydrogen-bond acceptors (Lipinski definition) is 1. The Bertz CT molecular complexity index is 573. The van der Waals surface area contributed by atoms with Gasteiger partial charge in [0.05, 0.1) is 5.69 Å². The normalized spacial score (nSPS) is 10.5. The molecular weight excluding hydrogens is 242 g/mol. The molecule has 0 saturated carbocycles. The van der Waals surface area contributed by atoms with E-state index in [1.165, 1.54) is 28.7 Å². The van der Waals surface area contributed by atoms with Gasteiger partial charge in [0.25, 0.3) is 0 Å². The third-order valence-electron chi connectivity index (χ3n) is 3.67. The van der Waals surface area contributed by atoms with Crippen molar-refractivity contribution in [1.82, 2.24) is 4.98 Å². The standard InChI is InChI=1S/C19H23N.H2/c1-4-6-7-8-17-9-11-18(15(3)13-17)19-12-10-16(5-2)14-20-19;/h4,9-14H,1,5-8H2,2-3H3;1H. The van der Waals surface area contributed by atoms with Gasteiger partial charge in [0.1, 0.15) is 0 Å². The summed E-state index contributed by atoms with van der Waals surface area (Å²) in [6, 6.07) is 11.0. The number of allylic oxidation sites excluding steroid dienone is 1. The van der Waals surface area contributed by atoms with E-state index < -0.39 is 0 Å². The minimum absolute atomic E-state index is 0. The number of pyridine rings is 1. The number of unbranched alkanes of at least 4 members (excludes halogenated alkanes) is 1. The molecule has 0 saturated heterocycles. The lowest BCUT2D eigenvalue weighted by atomic mass is 9.99. The maximum atomic E-state index is 4.57. The largest absolute Gasteiger partial charge is 0.256 e. The van der Waals surface area contributed by atoms with Crippen LogP contribution in [0.25, 0.3) is 11.3 Å². The van der Waals surface area contributed by atoms with Crippen LogP contribution in [-0.4, -0.2) is 4.98 Å². The summed E-state index contributed by atoms with van der Waals surface area (Å²) >= 11 is 0. The van der Waals surface area contributed by atoms with Crippen LogP contribution in [-0.2, 0) is 12.8 Å². The van der Waals surface area contributed by atoms with Crippen LogP contribution < -0.4 is 0 Å². The number of benzene rings is 1. The lowest BCUT2D eigenvalue weighted by Gasteiger charge is -2.08. The lowest BCUT2D eigenvalue weighted by Crippen LogP contribution is -1.92. The van der Waals surface area contributed by atoms with Gasteiger partial charge < -0.3 is 0 Å². The highest BCUT2D eigenvalue weighted by atomic mass is 14.7. The molecule has 0 aliphatic carbocycles. The van der Waals surface area contributed by atoms with Crippen molar-refractivity contribution in [3.63, 3.8) is 0 Å². The average molecular weight is 267 g/mol. The Morgan fingerprint density at radius 1 is 1.20 bits per heavy atom. The van der Waals surface area contributed by atoms with Gasteiger partial charge in [-0.05, 0) is 55.4 Å². The van der Waals surface area contributed by atoms with Crippen LogP contribution in [0, 0.1) is 6.92 Å². The smallest absolute Gasteiger partial charge is 0.0704 e. The first kappa shape index (κ1) is 14.5. The predicted molar refractivity (Wildman–Crippen MR) is 89.0 cm³/mol. The SMILES string of the molecule is C=CCCCc1ccc(-c2ccc(CC)cn2)c(C)c1.[HH].